The Hall–Kier alpha value is -1.42. The second-order valence-corrected chi connectivity index (χ2v) is 5.34. The van der Waals surface area contributed by atoms with Gasteiger partial charge in [0, 0.05) is 23.9 Å². The molecule has 4 nitrogen and oxygen atoms in total. The van der Waals surface area contributed by atoms with E-state index in [0.29, 0.717) is 6.54 Å². The van der Waals surface area contributed by atoms with E-state index in [1.807, 2.05) is 32.0 Å². The maximum absolute atomic E-state index is 11.6. The minimum atomic E-state index is -1.35. The Morgan fingerprint density at radius 3 is 2.47 bits per heavy atom. The molecule has 0 saturated heterocycles. The van der Waals surface area contributed by atoms with Gasteiger partial charge in [0.1, 0.15) is 5.60 Å². The lowest BCUT2D eigenvalue weighted by atomic mass is 9.88. The molecule has 0 unspecified atom stereocenters. The van der Waals surface area contributed by atoms with Crippen molar-refractivity contribution in [3.63, 3.8) is 0 Å². The van der Waals surface area contributed by atoms with Crippen molar-refractivity contribution >= 4 is 5.91 Å². The van der Waals surface area contributed by atoms with Crippen LogP contribution in [-0.4, -0.2) is 28.1 Å². The minimum Gasteiger partial charge on any atom is -0.381 e. The minimum absolute atomic E-state index is 0.262. The third-order valence-electron chi connectivity index (χ3n) is 2.60. The van der Waals surface area contributed by atoms with Crippen LogP contribution in [0.5, 0.6) is 0 Å². The summed E-state index contributed by atoms with van der Waals surface area (Å²) in [4.78, 5) is 15.8. The first-order valence-electron chi connectivity index (χ1n) is 5.66. The van der Waals surface area contributed by atoms with Crippen molar-refractivity contribution in [2.75, 3.05) is 6.54 Å². The predicted molar refractivity (Wildman–Crippen MR) is 66.6 cm³/mol. The number of aromatic nitrogens is 1. The van der Waals surface area contributed by atoms with E-state index in [1.165, 1.54) is 13.8 Å². The number of nitrogens with one attached hydrogen (secondary N) is 1. The number of hydrogen-bond donors (Lipinski definition) is 2. The van der Waals surface area contributed by atoms with Crippen LogP contribution in [-0.2, 0) is 10.2 Å². The van der Waals surface area contributed by atoms with E-state index in [9.17, 15) is 9.90 Å². The number of pyridine rings is 1. The van der Waals surface area contributed by atoms with Crippen LogP contribution in [0.25, 0.3) is 0 Å². The Morgan fingerprint density at radius 2 is 2.00 bits per heavy atom. The molecule has 4 heteroatoms. The van der Waals surface area contributed by atoms with Crippen molar-refractivity contribution in [1.29, 1.82) is 0 Å². The summed E-state index contributed by atoms with van der Waals surface area (Å²) in [6, 6.07) is 5.70. The van der Waals surface area contributed by atoms with Gasteiger partial charge in [-0.05, 0) is 26.0 Å². The summed E-state index contributed by atoms with van der Waals surface area (Å²) in [5.74, 6) is -0.374. The molecule has 0 radical (unpaired) electrons. The van der Waals surface area contributed by atoms with Crippen LogP contribution in [0, 0.1) is 0 Å². The van der Waals surface area contributed by atoms with Crippen LogP contribution in [0.15, 0.2) is 24.4 Å². The number of rotatable bonds is 4. The first-order valence-corrected chi connectivity index (χ1v) is 5.66. The summed E-state index contributed by atoms with van der Waals surface area (Å²) in [5.41, 5.74) is -0.696. The van der Waals surface area contributed by atoms with Gasteiger partial charge >= 0.3 is 0 Å². The van der Waals surface area contributed by atoms with E-state index in [2.05, 4.69) is 10.3 Å². The standard InChI is InChI=1S/C13H20N2O2/c1-12(2,10-7-5-6-8-14-10)9-15-11(16)13(3,4)17/h5-8,17H,9H2,1-4H3,(H,15,16). The lowest BCUT2D eigenvalue weighted by Crippen LogP contribution is -2.46. The Kier molecular flexibility index (Phi) is 3.88. The third kappa shape index (κ3) is 3.82. The van der Waals surface area contributed by atoms with Gasteiger partial charge < -0.3 is 10.4 Å². The van der Waals surface area contributed by atoms with Gasteiger partial charge in [0.15, 0.2) is 0 Å². The largest absolute Gasteiger partial charge is 0.381 e. The fraction of sp³-hybridized carbons (Fsp3) is 0.538. The average molecular weight is 236 g/mol. The van der Waals surface area contributed by atoms with Gasteiger partial charge in [-0.3, -0.25) is 9.78 Å². The molecule has 1 aromatic rings. The molecule has 0 spiro atoms. The molecule has 0 aliphatic rings. The van der Waals surface area contributed by atoms with Gasteiger partial charge in [0.25, 0.3) is 5.91 Å². The van der Waals surface area contributed by atoms with Crippen LogP contribution < -0.4 is 5.32 Å². The molecule has 94 valence electrons. The molecule has 1 rings (SSSR count). The number of aliphatic hydroxyl groups is 1. The highest BCUT2D eigenvalue weighted by molar-refractivity contribution is 5.83. The normalized spacial score (nSPS) is 12.3. The number of carbonyl (C=O) groups excluding carboxylic acids is 1. The first-order chi connectivity index (χ1) is 7.73. The Morgan fingerprint density at radius 1 is 1.35 bits per heavy atom. The monoisotopic (exact) mass is 236 g/mol. The van der Waals surface area contributed by atoms with E-state index in [0.717, 1.165) is 5.69 Å². The highest BCUT2D eigenvalue weighted by Crippen LogP contribution is 2.19. The van der Waals surface area contributed by atoms with Gasteiger partial charge in [-0.1, -0.05) is 19.9 Å². The molecule has 0 aliphatic carbocycles. The lowest BCUT2D eigenvalue weighted by Gasteiger charge is -2.26. The van der Waals surface area contributed by atoms with Gasteiger partial charge in [-0.15, -0.1) is 0 Å². The van der Waals surface area contributed by atoms with E-state index >= 15 is 0 Å². The van der Waals surface area contributed by atoms with Crippen LogP contribution in [0.2, 0.25) is 0 Å². The summed E-state index contributed by atoms with van der Waals surface area (Å²) in [7, 11) is 0. The molecule has 0 fully saturated rings. The zero-order valence-corrected chi connectivity index (χ0v) is 10.8. The van der Waals surface area contributed by atoms with Crippen molar-refractivity contribution in [3.8, 4) is 0 Å². The first kappa shape index (κ1) is 13.6. The highest BCUT2D eigenvalue weighted by Gasteiger charge is 2.27. The third-order valence-corrected chi connectivity index (χ3v) is 2.60. The maximum Gasteiger partial charge on any atom is 0.251 e. The molecule has 1 amide bonds. The number of carbonyl (C=O) groups is 1. The summed E-state index contributed by atoms with van der Waals surface area (Å²) in [5, 5.41) is 12.3. The average Bonchev–Trinajstić information content (AvgIpc) is 2.26. The summed E-state index contributed by atoms with van der Waals surface area (Å²) < 4.78 is 0. The van der Waals surface area contributed by atoms with E-state index in [4.69, 9.17) is 0 Å². The smallest absolute Gasteiger partial charge is 0.251 e. The van der Waals surface area contributed by atoms with Crippen molar-refractivity contribution < 1.29 is 9.90 Å². The van der Waals surface area contributed by atoms with Crippen LogP contribution >= 0.6 is 0 Å². The van der Waals surface area contributed by atoms with E-state index in [1.54, 1.807) is 6.20 Å². The lowest BCUT2D eigenvalue weighted by molar-refractivity contribution is -0.136. The number of amides is 1. The molecular weight excluding hydrogens is 216 g/mol. The van der Waals surface area contributed by atoms with Crippen LogP contribution in [0.3, 0.4) is 0 Å². The van der Waals surface area contributed by atoms with Crippen molar-refractivity contribution in [2.24, 2.45) is 0 Å². The Bertz CT molecular complexity index is 380. The molecule has 2 N–H and O–H groups in total. The second kappa shape index (κ2) is 4.84. The summed E-state index contributed by atoms with van der Waals surface area (Å²) in [6.07, 6.45) is 1.73. The van der Waals surface area contributed by atoms with Crippen LogP contribution in [0.1, 0.15) is 33.4 Å². The zero-order chi connectivity index (χ0) is 13.1. The molecule has 1 heterocycles. The fourth-order valence-corrected chi connectivity index (χ4v) is 1.37. The summed E-state index contributed by atoms with van der Waals surface area (Å²) >= 11 is 0. The number of nitrogens with zero attached hydrogens (tertiary/aromatic N) is 1. The second-order valence-electron chi connectivity index (χ2n) is 5.34. The molecule has 0 atom stereocenters. The predicted octanol–water partition coefficient (Wildman–Crippen LogP) is 1.25. The fourth-order valence-electron chi connectivity index (χ4n) is 1.37. The molecule has 0 aliphatic heterocycles. The molecule has 0 saturated carbocycles. The highest BCUT2D eigenvalue weighted by atomic mass is 16.3. The Labute approximate surface area is 102 Å². The van der Waals surface area contributed by atoms with Crippen molar-refractivity contribution in [2.45, 2.75) is 38.7 Å². The Balaban J connectivity index is 2.66. The molecule has 1 aromatic heterocycles. The molecular formula is C13H20N2O2. The number of hydrogen-bond acceptors (Lipinski definition) is 3. The molecule has 0 aromatic carbocycles. The van der Waals surface area contributed by atoms with Crippen molar-refractivity contribution in [1.82, 2.24) is 10.3 Å². The van der Waals surface area contributed by atoms with E-state index < -0.39 is 5.60 Å². The quantitative estimate of drug-likeness (QED) is 0.827. The maximum atomic E-state index is 11.6. The topological polar surface area (TPSA) is 62.2 Å². The van der Waals surface area contributed by atoms with E-state index in [-0.39, 0.29) is 11.3 Å². The molecule has 0 bridgehead atoms. The summed E-state index contributed by atoms with van der Waals surface area (Å²) in [6.45, 7) is 7.37. The zero-order valence-electron chi connectivity index (χ0n) is 10.8. The van der Waals surface area contributed by atoms with Gasteiger partial charge in [0.05, 0.1) is 0 Å². The van der Waals surface area contributed by atoms with Gasteiger partial charge in [-0.25, -0.2) is 0 Å². The van der Waals surface area contributed by atoms with Gasteiger partial charge in [-0.2, -0.15) is 0 Å². The SMILES string of the molecule is CC(C)(O)C(=O)NCC(C)(C)c1ccccn1. The molecule has 17 heavy (non-hydrogen) atoms. The van der Waals surface area contributed by atoms with Gasteiger partial charge in [0.2, 0.25) is 0 Å². The van der Waals surface area contributed by atoms with Crippen molar-refractivity contribution in [3.05, 3.63) is 30.1 Å². The van der Waals surface area contributed by atoms with Crippen LogP contribution in [0.4, 0.5) is 0 Å².